The number of aliphatic carboxylic acids is 1. The predicted octanol–water partition coefficient (Wildman–Crippen LogP) is 2.53. The number of nitrogens with zero attached hydrogens (tertiary/aromatic N) is 1. The average molecular weight is 311 g/mol. The Balaban J connectivity index is 1.76. The first-order chi connectivity index (χ1) is 10.1. The number of nitrogens with one attached hydrogen (secondary N) is 1. The molecule has 0 bridgehead atoms. The molecule has 5 nitrogen and oxygen atoms in total. The summed E-state index contributed by atoms with van der Waals surface area (Å²) in [6.45, 7) is 0.795. The molecule has 1 aliphatic carbocycles. The molecule has 0 unspecified atom stereocenters. The number of carboxylic acid groups (broad SMARTS) is 1. The number of carboxylic acids is 1. The van der Waals surface area contributed by atoms with Crippen molar-refractivity contribution in [2.24, 2.45) is 0 Å². The van der Waals surface area contributed by atoms with E-state index >= 15 is 0 Å². The fourth-order valence-corrected chi connectivity index (χ4v) is 2.24. The Morgan fingerprint density at radius 3 is 2.52 bits per heavy atom. The van der Waals surface area contributed by atoms with Crippen LogP contribution in [0.25, 0.3) is 0 Å². The van der Waals surface area contributed by atoms with Crippen LogP contribution in [0.5, 0.6) is 0 Å². The molecule has 0 saturated heterocycles. The van der Waals surface area contributed by atoms with Gasteiger partial charge in [-0.1, -0.05) is 23.7 Å². The summed E-state index contributed by atoms with van der Waals surface area (Å²) in [6, 6.07) is 7.53. The van der Waals surface area contributed by atoms with E-state index in [4.69, 9.17) is 16.7 Å². The summed E-state index contributed by atoms with van der Waals surface area (Å²) in [4.78, 5) is 24.3. The van der Waals surface area contributed by atoms with Crippen molar-refractivity contribution in [3.63, 3.8) is 0 Å². The molecule has 2 rings (SSSR count). The van der Waals surface area contributed by atoms with Crippen LogP contribution in [0.3, 0.4) is 0 Å². The van der Waals surface area contributed by atoms with Crippen molar-refractivity contribution in [2.45, 2.75) is 31.7 Å². The average Bonchev–Trinajstić information content (AvgIpc) is 3.25. The van der Waals surface area contributed by atoms with E-state index in [1.165, 1.54) is 0 Å². The molecule has 2 amide bonds. The predicted molar refractivity (Wildman–Crippen MR) is 80.5 cm³/mol. The highest BCUT2D eigenvalue weighted by Crippen LogP contribution is 2.26. The van der Waals surface area contributed by atoms with Crippen molar-refractivity contribution >= 4 is 23.6 Å². The molecule has 114 valence electrons. The third kappa shape index (κ3) is 5.27. The number of urea groups is 1. The van der Waals surface area contributed by atoms with Gasteiger partial charge in [-0.2, -0.15) is 0 Å². The van der Waals surface area contributed by atoms with Gasteiger partial charge in [0.2, 0.25) is 0 Å². The molecule has 1 fully saturated rings. The van der Waals surface area contributed by atoms with Crippen LogP contribution in [-0.2, 0) is 11.2 Å². The highest BCUT2D eigenvalue weighted by molar-refractivity contribution is 6.30. The molecular weight excluding hydrogens is 292 g/mol. The molecule has 21 heavy (non-hydrogen) atoms. The number of benzene rings is 1. The lowest BCUT2D eigenvalue weighted by molar-refractivity contribution is -0.137. The third-order valence-corrected chi connectivity index (χ3v) is 3.67. The second kappa shape index (κ2) is 7.31. The summed E-state index contributed by atoms with van der Waals surface area (Å²) in [5.74, 6) is -0.880. The lowest BCUT2D eigenvalue weighted by atomic mass is 10.1. The van der Waals surface area contributed by atoms with E-state index < -0.39 is 5.97 Å². The molecule has 1 saturated carbocycles. The topological polar surface area (TPSA) is 69.6 Å². The van der Waals surface area contributed by atoms with Gasteiger partial charge in [-0.25, -0.2) is 4.79 Å². The van der Waals surface area contributed by atoms with Crippen LogP contribution in [0.15, 0.2) is 24.3 Å². The van der Waals surface area contributed by atoms with E-state index in [1.54, 1.807) is 4.90 Å². The maximum absolute atomic E-state index is 12.1. The van der Waals surface area contributed by atoms with Gasteiger partial charge in [-0.3, -0.25) is 4.79 Å². The normalized spacial score (nSPS) is 13.8. The number of hydrogen-bond acceptors (Lipinski definition) is 2. The minimum absolute atomic E-state index is 0.0128. The summed E-state index contributed by atoms with van der Waals surface area (Å²) in [6.07, 6.45) is 2.63. The van der Waals surface area contributed by atoms with Crippen LogP contribution in [-0.4, -0.2) is 41.1 Å². The van der Waals surface area contributed by atoms with Gasteiger partial charge in [0.15, 0.2) is 0 Å². The third-order valence-electron chi connectivity index (χ3n) is 3.42. The van der Waals surface area contributed by atoms with Crippen molar-refractivity contribution in [1.82, 2.24) is 10.2 Å². The molecule has 2 N–H and O–H groups in total. The second-order valence-electron chi connectivity index (χ2n) is 5.18. The lowest BCUT2D eigenvalue weighted by Crippen LogP contribution is -2.43. The molecule has 0 heterocycles. The van der Waals surface area contributed by atoms with Gasteiger partial charge in [0.25, 0.3) is 0 Å². The molecule has 0 spiro atoms. The Morgan fingerprint density at radius 2 is 1.95 bits per heavy atom. The van der Waals surface area contributed by atoms with Crippen molar-refractivity contribution in [1.29, 1.82) is 0 Å². The Kier molecular flexibility index (Phi) is 5.44. The molecule has 1 aromatic rings. The second-order valence-corrected chi connectivity index (χ2v) is 5.61. The molecule has 0 atom stereocenters. The summed E-state index contributed by atoms with van der Waals surface area (Å²) in [5.41, 5.74) is 1.10. The number of amides is 2. The SMILES string of the molecule is O=C(O)CCN(C(=O)NCCc1ccc(Cl)cc1)C1CC1. The van der Waals surface area contributed by atoms with Crippen molar-refractivity contribution in [2.75, 3.05) is 13.1 Å². The maximum Gasteiger partial charge on any atom is 0.317 e. The molecule has 1 aliphatic rings. The number of halogens is 1. The first-order valence-electron chi connectivity index (χ1n) is 7.07. The van der Waals surface area contributed by atoms with Crippen LogP contribution in [0.4, 0.5) is 4.79 Å². The van der Waals surface area contributed by atoms with E-state index in [2.05, 4.69) is 5.32 Å². The van der Waals surface area contributed by atoms with E-state index in [0.717, 1.165) is 24.8 Å². The maximum atomic E-state index is 12.1. The van der Waals surface area contributed by atoms with E-state index in [0.29, 0.717) is 11.6 Å². The summed E-state index contributed by atoms with van der Waals surface area (Å²) in [7, 11) is 0. The Morgan fingerprint density at radius 1 is 1.29 bits per heavy atom. The largest absolute Gasteiger partial charge is 0.481 e. The molecule has 1 aromatic carbocycles. The highest BCUT2D eigenvalue weighted by atomic mass is 35.5. The van der Waals surface area contributed by atoms with Gasteiger partial charge in [-0.05, 0) is 37.0 Å². The van der Waals surface area contributed by atoms with Crippen molar-refractivity contribution in [3.05, 3.63) is 34.9 Å². The number of hydrogen-bond donors (Lipinski definition) is 2. The lowest BCUT2D eigenvalue weighted by Gasteiger charge is -2.22. The number of rotatable bonds is 7. The first kappa shape index (κ1) is 15.6. The molecular formula is C15H19ClN2O3. The van der Waals surface area contributed by atoms with Crippen LogP contribution < -0.4 is 5.32 Å². The number of carbonyl (C=O) groups excluding carboxylic acids is 1. The Labute approximate surface area is 128 Å². The zero-order valence-corrected chi connectivity index (χ0v) is 12.5. The fraction of sp³-hybridized carbons (Fsp3) is 0.467. The van der Waals surface area contributed by atoms with Crippen LogP contribution >= 0.6 is 11.6 Å². The Bertz CT molecular complexity index is 500. The summed E-state index contributed by atoms with van der Waals surface area (Å²) >= 11 is 5.82. The molecule has 0 radical (unpaired) electrons. The standard InChI is InChI=1S/C15H19ClN2O3/c16-12-3-1-11(2-4-12)7-9-17-15(21)18(13-5-6-13)10-8-14(19)20/h1-4,13H,5-10H2,(H,17,21)(H,19,20). The minimum atomic E-state index is -0.880. The van der Waals surface area contributed by atoms with Crippen LogP contribution in [0.1, 0.15) is 24.8 Å². The van der Waals surface area contributed by atoms with Crippen molar-refractivity contribution in [3.8, 4) is 0 Å². The smallest absolute Gasteiger partial charge is 0.317 e. The van der Waals surface area contributed by atoms with Crippen LogP contribution in [0.2, 0.25) is 5.02 Å². The minimum Gasteiger partial charge on any atom is -0.481 e. The van der Waals surface area contributed by atoms with E-state index in [9.17, 15) is 9.59 Å². The van der Waals surface area contributed by atoms with Crippen LogP contribution in [0, 0.1) is 0 Å². The van der Waals surface area contributed by atoms with Gasteiger partial charge < -0.3 is 15.3 Å². The zero-order valence-electron chi connectivity index (χ0n) is 11.7. The van der Waals surface area contributed by atoms with Gasteiger partial charge in [-0.15, -0.1) is 0 Å². The van der Waals surface area contributed by atoms with Gasteiger partial charge in [0.1, 0.15) is 0 Å². The monoisotopic (exact) mass is 310 g/mol. The van der Waals surface area contributed by atoms with Gasteiger partial charge in [0.05, 0.1) is 6.42 Å². The summed E-state index contributed by atoms with van der Waals surface area (Å²) < 4.78 is 0. The quantitative estimate of drug-likeness (QED) is 0.813. The highest BCUT2D eigenvalue weighted by Gasteiger charge is 2.32. The first-order valence-corrected chi connectivity index (χ1v) is 7.45. The number of carbonyl (C=O) groups is 2. The van der Waals surface area contributed by atoms with Gasteiger partial charge in [0, 0.05) is 24.2 Å². The molecule has 0 aliphatic heterocycles. The van der Waals surface area contributed by atoms with E-state index in [-0.39, 0.29) is 25.0 Å². The molecule has 6 heteroatoms. The zero-order chi connectivity index (χ0) is 15.2. The van der Waals surface area contributed by atoms with Crippen molar-refractivity contribution < 1.29 is 14.7 Å². The summed E-state index contributed by atoms with van der Waals surface area (Å²) in [5, 5.41) is 12.3. The van der Waals surface area contributed by atoms with Gasteiger partial charge >= 0.3 is 12.0 Å². The molecule has 0 aromatic heterocycles. The Hall–Kier alpha value is -1.75. The fourth-order valence-electron chi connectivity index (χ4n) is 2.12. The van der Waals surface area contributed by atoms with E-state index in [1.807, 2.05) is 24.3 Å².